The third-order valence-corrected chi connectivity index (χ3v) is 5.86. The van der Waals surface area contributed by atoms with Crippen molar-refractivity contribution in [2.45, 2.75) is 63.8 Å². The number of hydrogen-bond acceptors (Lipinski definition) is 5. The Morgan fingerprint density at radius 2 is 1.62 bits per heavy atom. The Labute approximate surface area is 154 Å². The van der Waals surface area contributed by atoms with Gasteiger partial charge in [-0.05, 0) is 76.1 Å². The Morgan fingerprint density at radius 3 is 2.35 bits per heavy atom. The molecule has 0 radical (unpaired) electrons. The van der Waals surface area contributed by atoms with Crippen LogP contribution in [0.25, 0.3) is 10.9 Å². The van der Waals surface area contributed by atoms with Crippen molar-refractivity contribution in [3.63, 3.8) is 0 Å². The molecule has 0 spiro atoms. The molecule has 5 rings (SSSR count). The minimum Gasteiger partial charge on any atom is -0.504 e. The van der Waals surface area contributed by atoms with E-state index in [1.54, 1.807) is 0 Å². The fourth-order valence-corrected chi connectivity index (χ4v) is 4.21. The molecule has 2 heterocycles. The average molecular weight is 355 g/mol. The fraction of sp³-hybridized carbons (Fsp3) is 0.571. The van der Waals surface area contributed by atoms with Gasteiger partial charge in [0.1, 0.15) is 0 Å². The van der Waals surface area contributed by atoms with Gasteiger partial charge in [0.15, 0.2) is 11.5 Å². The van der Waals surface area contributed by atoms with Gasteiger partial charge in [-0.15, -0.1) is 0 Å². The van der Waals surface area contributed by atoms with Gasteiger partial charge in [-0.2, -0.15) is 0 Å². The van der Waals surface area contributed by atoms with Crippen molar-refractivity contribution in [2.24, 2.45) is 0 Å². The summed E-state index contributed by atoms with van der Waals surface area (Å²) in [6.07, 6.45) is 11.5. The van der Waals surface area contributed by atoms with Crippen LogP contribution in [0.1, 0.15) is 56.2 Å². The summed E-state index contributed by atoms with van der Waals surface area (Å²) in [7, 11) is 0. The van der Waals surface area contributed by atoms with Crippen molar-refractivity contribution >= 4 is 16.6 Å². The number of fused-ring (bicyclic) bond motifs is 2. The molecule has 0 bridgehead atoms. The van der Waals surface area contributed by atoms with Gasteiger partial charge in [0.05, 0.1) is 5.52 Å². The number of benzene rings is 1. The quantitative estimate of drug-likeness (QED) is 0.679. The molecule has 0 amide bonds. The maximum atomic E-state index is 9.51. The molecule has 2 fully saturated rings. The van der Waals surface area contributed by atoms with Crippen LogP contribution in [-0.4, -0.2) is 39.2 Å². The summed E-state index contributed by atoms with van der Waals surface area (Å²) in [5.74, 6) is -0.304. The van der Waals surface area contributed by atoms with Crippen molar-refractivity contribution in [3.8, 4) is 11.5 Å². The first-order valence-corrected chi connectivity index (χ1v) is 10.0. The van der Waals surface area contributed by atoms with Gasteiger partial charge in [-0.3, -0.25) is 4.98 Å². The highest BCUT2D eigenvalue weighted by Gasteiger charge is 2.29. The number of hydrogen-bond donors (Lipinski definition) is 3. The number of aromatic hydroxyl groups is 2. The van der Waals surface area contributed by atoms with E-state index in [9.17, 15) is 10.2 Å². The van der Waals surface area contributed by atoms with Gasteiger partial charge >= 0.3 is 0 Å². The zero-order valence-electron chi connectivity index (χ0n) is 15.4. The Bertz CT molecular complexity index is 796. The highest BCUT2D eigenvalue weighted by Crippen LogP contribution is 2.36. The Kier molecular flexibility index (Phi) is 4.90. The monoisotopic (exact) mass is 355 g/mol. The predicted molar refractivity (Wildman–Crippen MR) is 105 cm³/mol. The van der Waals surface area contributed by atoms with E-state index in [1.807, 2.05) is 0 Å². The predicted octanol–water partition coefficient (Wildman–Crippen LogP) is 3.74. The molecular weight excluding hydrogens is 326 g/mol. The number of phenols is 2. The molecule has 0 atom stereocenters. The number of anilines is 1. The van der Waals surface area contributed by atoms with E-state index in [4.69, 9.17) is 5.73 Å². The second-order valence-corrected chi connectivity index (χ2v) is 7.84. The van der Waals surface area contributed by atoms with E-state index in [-0.39, 0.29) is 11.5 Å². The Balaban J connectivity index is 0.000000157. The number of piperidine rings is 1. The van der Waals surface area contributed by atoms with Crippen LogP contribution in [0.3, 0.4) is 0 Å². The molecule has 140 valence electrons. The van der Waals surface area contributed by atoms with E-state index in [2.05, 4.69) is 9.88 Å². The van der Waals surface area contributed by atoms with Crippen LogP contribution in [-0.2, 0) is 12.8 Å². The van der Waals surface area contributed by atoms with Crippen LogP contribution in [0.15, 0.2) is 12.1 Å². The molecule has 4 N–H and O–H groups in total. The van der Waals surface area contributed by atoms with Crippen molar-refractivity contribution in [3.05, 3.63) is 23.4 Å². The van der Waals surface area contributed by atoms with Gasteiger partial charge in [-0.1, -0.05) is 6.42 Å². The minimum absolute atomic E-state index is 0.151. The number of nitrogen functional groups attached to an aromatic ring is 1. The molecule has 1 aromatic heterocycles. The standard InChI is InChI=1S/C13H14N2O2.C8H15N/c14-13-7-3-1-2-4-9(7)15-10-6-12(17)11(16)5-8(10)13;1-2-6-9(7-3-1)8-4-5-8/h5-6,16-17H,1-4H2,(H2,14,15);8H,1-7H2. The lowest BCUT2D eigenvalue weighted by atomic mass is 9.93. The van der Waals surface area contributed by atoms with Gasteiger partial charge in [-0.25, -0.2) is 0 Å². The molecule has 1 aliphatic heterocycles. The number of pyridine rings is 1. The molecule has 3 aliphatic rings. The molecule has 1 saturated heterocycles. The van der Waals surface area contributed by atoms with E-state index >= 15 is 0 Å². The number of likely N-dealkylation sites (tertiary alicyclic amines) is 1. The van der Waals surface area contributed by atoms with Crippen molar-refractivity contribution in [2.75, 3.05) is 18.8 Å². The summed E-state index contributed by atoms with van der Waals surface area (Å²) in [6.45, 7) is 2.79. The minimum atomic E-state index is -0.153. The summed E-state index contributed by atoms with van der Waals surface area (Å²) in [5.41, 5.74) is 9.61. The fourth-order valence-electron chi connectivity index (χ4n) is 4.21. The Hall–Kier alpha value is -2.01. The van der Waals surface area contributed by atoms with Crippen molar-refractivity contribution in [1.29, 1.82) is 0 Å². The smallest absolute Gasteiger partial charge is 0.159 e. The summed E-state index contributed by atoms with van der Waals surface area (Å²) in [5, 5.41) is 19.7. The summed E-state index contributed by atoms with van der Waals surface area (Å²) < 4.78 is 0. The average Bonchev–Trinajstić information content (AvgIpc) is 3.50. The third kappa shape index (κ3) is 3.58. The molecule has 2 aromatic rings. The lowest BCUT2D eigenvalue weighted by molar-refractivity contribution is 0.219. The van der Waals surface area contributed by atoms with Crippen LogP contribution in [0.5, 0.6) is 11.5 Å². The van der Waals surface area contributed by atoms with Crippen molar-refractivity contribution in [1.82, 2.24) is 9.88 Å². The van der Waals surface area contributed by atoms with Gasteiger partial charge in [0.25, 0.3) is 0 Å². The second kappa shape index (κ2) is 7.31. The molecule has 5 heteroatoms. The molecular formula is C21H29N3O2. The summed E-state index contributed by atoms with van der Waals surface area (Å²) in [6, 6.07) is 3.97. The van der Waals surface area contributed by atoms with Gasteiger partial charge < -0.3 is 20.8 Å². The first kappa shape index (κ1) is 17.4. The van der Waals surface area contributed by atoms with Crippen LogP contribution in [0.4, 0.5) is 5.69 Å². The highest BCUT2D eigenvalue weighted by atomic mass is 16.3. The zero-order chi connectivity index (χ0) is 18.1. The molecule has 0 unspecified atom stereocenters. The number of aromatic nitrogens is 1. The Morgan fingerprint density at radius 1 is 0.923 bits per heavy atom. The lowest BCUT2D eigenvalue weighted by Crippen LogP contribution is -2.31. The number of aryl methyl sites for hydroxylation is 1. The van der Waals surface area contributed by atoms with Crippen LogP contribution < -0.4 is 5.73 Å². The van der Waals surface area contributed by atoms with Crippen LogP contribution >= 0.6 is 0 Å². The first-order valence-electron chi connectivity index (χ1n) is 10.0. The second-order valence-electron chi connectivity index (χ2n) is 7.84. The lowest BCUT2D eigenvalue weighted by Gasteiger charge is -2.25. The summed E-state index contributed by atoms with van der Waals surface area (Å²) in [4.78, 5) is 7.20. The maximum absolute atomic E-state index is 9.51. The van der Waals surface area contributed by atoms with Crippen LogP contribution in [0, 0.1) is 0 Å². The van der Waals surface area contributed by atoms with E-state index < -0.39 is 0 Å². The van der Waals surface area contributed by atoms with E-state index in [0.717, 1.165) is 48.4 Å². The number of phenolic OH excluding ortho intramolecular Hbond substituents is 2. The summed E-state index contributed by atoms with van der Waals surface area (Å²) >= 11 is 0. The van der Waals surface area contributed by atoms with Gasteiger partial charge in [0.2, 0.25) is 0 Å². The number of nitrogens with zero attached hydrogens (tertiary/aromatic N) is 2. The molecule has 2 aliphatic carbocycles. The first-order chi connectivity index (χ1) is 12.6. The number of nitrogens with two attached hydrogens (primary N) is 1. The topological polar surface area (TPSA) is 82.6 Å². The van der Waals surface area contributed by atoms with Crippen LogP contribution in [0.2, 0.25) is 0 Å². The molecule has 1 saturated carbocycles. The largest absolute Gasteiger partial charge is 0.504 e. The normalized spacial score (nSPS) is 20.3. The molecule has 5 nitrogen and oxygen atoms in total. The van der Waals surface area contributed by atoms with E-state index in [0.29, 0.717) is 11.2 Å². The zero-order valence-corrected chi connectivity index (χ0v) is 15.4. The van der Waals surface area contributed by atoms with Crippen molar-refractivity contribution < 1.29 is 10.2 Å². The maximum Gasteiger partial charge on any atom is 0.159 e. The van der Waals surface area contributed by atoms with Gasteiger partial charge in [0, 0.05) is 28.9 Å². The van der Waals surface area contributed by atoms with E-state index in [1.165, 1.54) is 57.3 Å². The molecule has 1 aromatic carbocycles. The highest BCUT2D eigenvalue weighted by molar-refractivity contribution is 5.94. The molecule has 26 heavy (non-hydrogen) atoms. The number of rotatable bonds is 1. The SMILES string of the molecule is C1CCN(C2CC2)CC1.Nc1c2c(nc3cc(O)c(O)cc13)CCCC2. The third-order valence-electron chi connectivity index (χ3n) is 5.86.